The van der Waals surface area contributed by atoms with Gasteiger partial charge in [-0.1, -0.05) is 0 Å². The lowest BCUT2D eigenvalue weighted by Crippen LogP contribution is -2.31. The van der Waals surface area contributed by atoms with Gasteiger partial charge in [-0.2, -0.15) is 13.2 Å². The fraction of sp³-hybridized carbons (Fsp3) is 0.500. The third kappa shape index (κ3) is 2.95. The van der Waals surface area contributed by atoms with E-state index in [4.69, 9.17) is 4.74 Å². The molecule has 8 heteroatoms. The summed E-state index contributed by atoms with van der Waals surface area (Å²) in [7, 11) is 0. The quantitative estimate of drug-likeness (QED) is 0.826. The molecule has 1 N–H and O–H groups in total. The maximum absolute atomic E-state index is 12.4. The zero-order valence-electron chi connectivity index (χ0n) is 9.36. The summed E-state index contributed by atoms with van der Waals surface area (Å²) in [6.45, 7) is 1.85. The number of aromatic nitrogens is 2. The first kappa shape index (κ1) is 12.7. The number of nitrogens with zero attached hydrogens (tertiary/aromatic N) is 2. The molecule has 1 aromatic heterocycles. The molecular formula is C10H10F3N3O2. The first-order chi connectivity index (χ1) is 8.38. The molecule has 1 amide bonds. The van der Waals surface area contributed by atoms with Gasteiger partial charge < -0.3 is 10.1 Å². The van der Waals surface area contributed by atoms with Gasteiger partial charge in [0.2, 0.25) is 0 Å². The highest BCUT2D eigenvalue weighted by atomic mass is 19.4. The van der Waals surface area contributed by atoms with Gasteiger partial charge in [-0.25, -0.2) is 9.97 Å². The monoisotopic (exact) mass is 261 g/mol. The summed E-state index contributed by atoms with van der Waals surface area (Å²) in [5.41, 5.74) is -1.03. The Morgan fingerprint density at radius 2 is 2.28 bits per heavy atom. The molecule has 0 aliphatic carbocycles. The SMILES string of the molecule is CC(NC(=O)C1CO1)c1nccc(C(F)(F)F)n1. The van der Waals surface area contributed by atoms with Gasteiger partial charge in [0.15, 0.2) is 11.9 Å². The molecule has 0 spiro atoms. The molecule has 1 aliphatic heterocycles. The van der Waals surface area contributed by atoms with Crippen molar-refractivity contribution in [2.24, 2.45) is 0 Å². The van der Waals surface area contributed by atoms with Crippen LogP contribution in [0, 0.1) is 0 Å². The van der Waals surface area contributed by atoms with Crippen LogP contribution in [0.5, 0.6) is 0 Å². The molecule has 1 aromatic rings. The summed E-state index contributed by atoms with van der Waals surface area (Å²) in [6, 6.07) is 0.0752. The van der Waals surface area contributed by atoms with Crippen LogP contribution in [0.15, 0.2) is 12.3 Å². The predicted octanol–water partition coefficient (Wildman–Crippen LogP) is 1.07. The second-order valence-corrected chi connectivity index (χ2v) is 3.85. The van der Waals surface area contributed by atoms with E-state index < -0.39 is 24.0 Å². The maximum atomic E-state index is 12.4. The van der Waals surface area contributed by atoms with Crippen molar-refractivity contribution in [3.63, 3.8) is 0 Å². The van der Waals surface area contributed by atoms with Gasteiger partial charge >= 0.3 is 6.18 Å². The summed E-state index contributed by atoms with van der Waals surface area (Å²) in [4.78, 5) is 18.5. The van der Waals surface area contributed by atoms with E-state index in [1.165, 1.54) is 6.92 Å². The van der Waals surface area contributed by atoms with Crippen molar-refractivity contribution in [2.75, 3.05) is 6.61 Å². The fourth-order valence-electron chi connectivity index (χ4n) is 1.31. The Kier molecular flexibility index (Phi) is 3.20. The third-order valence-corrected chi connectivity index (χ3v) is 2.34. The number of amides is 1. The first-order valence-corrected chi connectivity index (χ1v) is 5.20. The van der Waals surface area contributed by atoms with E-state index in [1.54, 1.807) is 0 Å². The van der Waals surface area contributed by atoms with E-state index in [-0.39, 0.29) is 11.7 Å². The smallest absolute Gasteiger partial charge is 0.363 e. The zero-order chi connectivity index (χ0) is 13.3. The number of carbonyl (C=O) groups is 1. The van der Waals surface area contributed by atoms with E-state index in [0.717, 1.165) is 12.3 Å². The third-order valence-electron chi connectivity index (χ3n) is 2.34. The van der Waals surface area contributed by atoms with E-state index in [2.05, 4.69) is 15.3 Å². The highest BCUT2D eigenvalue weighted by Crippen LogP contribution is 2.27. The molecule has 2 heterocycles. The lowest BCUT2D eigenvalue weighted by Gasteiger charge is -2.13. The van der Waals surface area contributed by atoms with Crippen molar-refractivity contribution in [3.8, 4) is 0 Å². The Labute approximate surface area is 100 Å². The maximum Gasteiger partial charge on any atom is 0.433 e. The number of nitrogens with one attached hydrogen (secondary N) is 1. The molecule has 1 saturated heterocycles. The van der Waals surface area contributed by atoms with Gasteiger partial charge in [0.25, 0.3) is 5.91 Å². The largest absolute Gasteiger partial charge is 0.433 e. The molecule has 0 radical (unpaired) electrons. The molecule has 0 aromatic carbocycles. The number of carbonyl (C=O) groups excluding carboxylic acids is 1. The predicted molar refractivity (Wildman–Crippen MR) is 53.3 cm³/mol. The molecule has 98 valence electrons. The minimum absolute atomic E-state index is 0.0844. The van der Waals surface area contributed by atoms with Crippen molar-refractivity contribution < 1.29 is 22.7 Å². The molecule has 0 bridgehead atoms. The number of halogens is 3. The fourth-order valence-corrected chi connectivity index (χ4v) is 1.31. The minimum atomic E-state index is -4.53. The first-order valence-electron chi connectivity index (χ1n) is 5.20. The molecule has 1 fully saturated rings. The van der Waals surface area contributed by atoms with Gasteiger partial charge in [0.1, 0.15) is 5.69 Å². The Balaban J connectivity index is 2.09. The van der Waals surface area contributed by atoms with Crippen LogP contribution in [-0.2, 0) is 15.7 Å². The second-order valence-electron chi connectivity index (χ2n) is 3.85. The Bertz CT molecular complexity index is 460. The van der Waals surface area contributed by atoms with Crippen LogP contribution in [0.2, 0.25) is 0 Å². The number of hydrogen-bond donors (Lipinski definition) is 1. The van der Waals surface area contributed by atoms with Crippen molar-refractivity contribution in [1.82, 2.24) is 15.3 Å². The molecule has 18 heavy (non-hydrogen) atoms. The van der Waals surface area contributed by atoms with Crippen molar-refractivity contribution in [3.05, 3.63) is 23.8 Å². The van der Waals surface area contributed by atoms with Crippen LogP contribution >= 0.6 is 0 Å². The van der Waals surface area contributed by atoms with Crippen LogP contribution in [0.1, 0.15) is 24.5 Å². The van der Waals surface area contributed by atoms with Crippen molar-refractivity contribution in [2.45, 2.75) is 25.2 Å². The minimum Gasteiger partial charge on any atom is -0.363 e. The standard InChI is InChI=1S/C10H10F3N3O2/c1-5(15-9(17)6-4-18-6)8-14-3-2-7(16-8)10(11,12)13/h2-3,5-6H,4H2,1H3,(H,15,17). The van der Waals surface area contributed by atoms with E-state index >= 15 is 0 Å². The number of alkyl halides is 3. The summed E-state index contributed by atoms with van der Waals surface area (Å²) >= 11 is 0. The zero-order valence-corrected chi connectivity index (χ0v) is 9.36. The summed E-state index contributed by atoms with van der Waals surface area (Å²) in [5, 5.41) is 2.48. The highest BCUT2D eigenvalue weighted by molar-refractivity contribution is 5.83. The molecule has 0 saturated carbocycles. The van der Waals surface area contributed by atoms with E-state index in [1.807, 2.05) is 0 Å². The van der Waals surface area contributed by atoms with Gasteiger partial charge in [-0.05, 0) is 13.0 Å². The van der Waals surface area contributed by atoms with Gasteiger partial charge in [0.05, 0.1) is 12.6 Å². The van der Waals surface area contributed by atoms with E-state index in [9.17, 15) is 18.0 Å². The average molecular weight is 261 g/mol. The van der Waals surface area contributed by atoms with Gasteiger partial charge in [-0.3, -0.25) is 4.79 Å². The Morgan fingerprint density at radius 1 is 1.61 bits per heavy atom. The van der Waals surface area contributed by atoms with Crippen molar-refractivity contribution >= 4 is 5.91 Å². The van der Waals surface area contributed by atoms with Gasteiger partial charge in [-0.15, -0.1) is 0 Å². The second kappa shape index (κ2) is 4.52. The summed E-state index contributed by atoms with van der Waals surface area (Å²) in [6.07, 6.45) is -4.01. The molecule has 2 atom stereocenters. The number of epoxide rings is 1. The number of ether oxygens (including phenoxy) is 1. The van der Waals surface area contributed by atoms with Crippen LogP contribution in [0.3, 0.4) is 0 Å². The summed E-state index contributed by atoms with van der Waals surface area (Å²) < 4.78 is 42.1. The number of rotatable bonds is 3. The van der Waals surface area contributed by atoms with Crippen LogP contribution in [0.4, 0.5) is 13.2 Å². The van der Waals surface area contributed by atoms with E-state index in [0.29, 0.717) is 6.61 Å². The molecule has 2 unspecified atom stereocenters. The lowest BCUT2D eigenvalue weighted by molar-refractivity contribution is -0.141. The van der Waals surface area contributed by atoms with Crippen molar-refractivity contribution in [1.29, 1.82) is 0 Å². The molecule has 5 nitrogen and oxygen atoms in total. The lowest BCUT2D eigenvalue weighted by atomic mass is 10.2. The topological polar surface area (TPSA) is 67.4 Å². The normalized spacial score (nSPS) is 20.3. The Morgan fingerprint density at radius 3 is 2.83 bits per heavy atom. The van der Waals surface area contributed by atoms with Gasteiger partial charge in [0, 0.05) is 6.20 Å². The Hall–Kier alpha value is -1.70. The average Bonchev–Trinajstić information content (AvgIpc) is 3.11. The van der Waals surface area contributed by atoms with Crippen LogP contribution in [0.25, 0.3) is 0 Å². The molecule has 1 aliphatic rings. The highest BCUT2D eigenvalue weighted by Gasteiger charge is 2.34. The number of hydrogen-bond acceptors (Lipinski definition) is 4. The van der Waals surface area contributed by atoms with Crippen LogP contribution in [-0.4, -0.2) is 28.6 Å². The molecule has 2 rings (SSSR count). The summed E-state index contributed by atoms with van der Waals surface area (Å²) in [5.74, 6) is -0.456. The molecular weight excluding hydrogens is 251 g/mol. The van der Waals surface area contributed by atoms with Crippen LogP contribution < -0.4 is 5.32 Å².